The Balaban J connectivity index is 1.98. The van der Waals surface area contributed by atoms with E-state index in [-0.39, 0.29) is 30.2 Å². The lowest BCUT2D eigenvalue weighted by Gasteiger charge is -2.33. The average Bonchev–Trinajstić information content (AvgIpc) is 2.90. The zero-order valence-corrected chi connectivity index (χ0v) is 25.7. The fraction of sp³-hybridized carbons (Fsp3) is 0.750. The van der Waals surface area contributed by atoms with Gasteiger partial charge < -0.3 is 20.8 Å². The summed E-state index contributed by atoms with van der Waals surface area (Å²) >= 11 is 1.80. The van der Waals surface area contributed by atoms with Gasteiger partial charge in [-0.15, -0.1) is 0 Å². The Morgan fingerprint density at radius 1 is 0.923 bits per heavy atom. The van der Waals surface area contributed by atoms with Crippen LogP contribution < -0.4 is 10.6 Å². The maximum Gasteiger partial charge on any atom is 0.224 e. The minimum Gasteiger partial charge on any atom is -0.390 e. The first-order chi connectivity index (χ1) is 18.6. The second kappa shape index (κ2) is 18.0. The van der Waals surface area contributed by atoms with Gasteiger partial charge in [-0.05, 0) is 48.3 Å². The number of hydrogen-bond donors (Lipinski definition) is 4. The van der Waals surface area contributed by atoms with E-state index in [2.05, 4.69) is 36.6 Å². The molecule has 1 aliphatic rings. The second-order valence-corrected chi connectivity index (χ2v) is 13.6. The predicted molar refractivity (Wildman–Crippen MR) is 163 cm³/mol. The van der Waals surface area contributed by atoms with E-state index < -0.39 is 24.2 Å². The average molecular weight is 563 g/mol. The molecule has 0 bridgehead atoms. The molecule has 222 valence electrons. The summed E-state index contributed by atoms with van der Waals surface area (Å²) in [7, 11) is 0. The highest BCUT2D eigenvalue weighted by Gasteiger charge is 2.32. The van der Waals surface area contributed by atoms with Gasteiger partial charge in [0.05, 0.1) is 24.0 Å². The summed E-state index contributed by atoms with van der Waals surface area (Å²) in [5.41, 5.74) is 1.13. The Hall–Kier alpha value is -1.57. The van der Waals surface area contributed by atoms with Crippen LogP contribution in [-0.2, 0) is 16.0 Å². The lowest BCUT2D eigenvalue weighted by Crippen LogP contribution is -2.52. The van der Waals surface area contributed by atoms with Gasteiger partial charge >= 0.3 is 0 Å². The molecule has 6 nitrogen and oxygen atoms in total. The second-order valence-electron chi connectivity index (χ2n) is 12.5. The van der Waals surface area contributed by atoms with Crippen molar-refractivity contribution in [2.45, 2.75) is 104 Å². The summed E-state index contributed by atoms with van der Waals surface area (Å²) in [6.07, 6.45) is 5.74. The monoisotopic (exact) mass is 562 g/mol. The number of aliphatic hydroxyl groups is 2. The van der Waals surface area contributed by atoms with Crippen LogP contribution in [0, 0.1) is 29.6 Å². The van der Waals surface area contributed by atoms with Gasteiger partial charge in [-0.25, -0.2) is 0 Å². The van der Waals surface area contributed by atoms with Gasteiger partial charge in [-0.3, -0.25) is 9.59 Å². The number of aliphatic hydroxyl groups excluding tert-OH is 2. The minimum atomic E-state index is -1.01. The lowest BCUT2D eigenvalue weighted by atomic mass is 9.82. The fourth-order valence-electron chi connectivity index (χ4n) is 5.34. The third kappa shape index (κ3) is 13.1. The third-order valence-electron chi connectivity index (χ3n) is 7.66. The first-order valence-electron chi connectivity index (χ1n) is 15.1. The summed E-state index contributed by atoms with van der Waals surface area (Å²) < 4.78 is 0. The number of nitrogens with one attached hydrogen (secondary N) is 2. The molecule has 0 aliphatic heterocycles. The zero-order chi connectivity index (χ0) is 28.8. The van der Waals surface area contributed by atoms with Crippen molar-refractivity contribution in [3.05, 3.63) is 35.9 Å². The van der Waals surface area contributed by atoms with Gasteiger partial charge in [0.15, 0.2) is 0 Å². The van der Waals surface area contributed by atoms with Crippen LogP contribution >= 0.6 is 11.8 Å². The summed E-state index contributed by atoms with van der Waals surface area (Å²) in [6.45, 7) is 10.4. The van der Waals surface area contributed by atoms with Crippen LogP contribution in [0.25, 0.3) is 0 Å². The van der Waals surface area contributed by atoms with E-state index >= 15 is 0 Å². The van der Waals surface area contributed by atoms with Crippen molar-refractivity contribution in [3.63, 3.8) is 0 Å². The molecule has 2 rings (SSSR count). The van der Waals surface area contributed by atoms with Crippen LogP contribution in [0.3, 0.4) is 0 Å². The molecule has 0 heterocycles. The quantitative estimate of drug-likeness (QED) is 0.209. The number of benzene rings is 1. The molecular weight excluding hydrogens is 508 g/mol. The van der Waals surface area contributed by atoms with E-state index in [1.165, 1.54) is 19.3 Å². The van der Waals surface area contributed by atoms with Crippen molar-refractivity contribution in [2.75, 3.05) is 18.1 Å². The largest absolute Gasteiger partial charge is 0.390 e. The Labute approximate surface area is 241 Å². The van der Waals surface area contributed by atoms with Crippen LogP contribution in [0.4, 0.5) is 0 Å². The summed E-state index contributed by atoms with van der Waals surface area (Å²) in [4.78, 5) is 26.4. The highest BCUT2D eigenvalue weighted by molar-refractivity contribution is 7.99. The highest BCUT2D eigenvalue weighted by atomic mass is 32.2. The molecule has 1 saturated carbocycles. The maximum atomic E-state index is 13.2. The lowest BCUT2D eigenvalue weighted by molar-refractivity contribution is -0.128. The number of carbonyl (C=O) groups is 2. The topological polar surface area (TPSA) is 98.7 Å². The Bertz CT molecular complexity index is 829. The van der Waals surface area contributed by atoms with Gasteiger partial charge in [-0.2, -0.15) is 11.8 Å². The zero-order valence-electron chi connectivity index (χ0n) is 24.9. The van der Waals surface area contributed by atoms with Crippen LogP contribution in [-0.4, -0.2) is 58.3 Å². The van der Waals surface area contributed by atoms with E-state index in [0.29, 0.717) is 31.1 Å². The molecule has 0 spiro atoms. The number of hydrogen-bond acceptors (Lipinski definition) is 5. The molecule has 0 radical (unpaired) electrons. The van der Waals surface area contributed by atoms with Gasteiger partial charge in [-0.1, -0.05) is 97.1 Å². The normalized spacial score (nSPS) is 18.4. The van der Waals surface area contributed by atoms with Crippen molar-refractivity contribution < 1.29 is 19.8 Å². The fourth-order valence-corrected chi connectivity index (χ4v) is 6.51. The van der Waals surface area contributed by atoms with Gasteiger partial charge in [0.1, 0.15) is 6.10 Å². The molecule has 1 aliphatic carbocycles. The molecule has 0 aromatic heterocycles. The molecule has 39 heavy (non-hydrogen) atoms. The number of amides is 2. The Morgan fingerprint density at radius 3 is 2.21 bits per heavy atom. The molecule has 4 N–H and O–H groups in total. The Kier molecular flexibility index (Phi) is 15.5. The van der Waals surface area contributed by atoms with Crippen LogP contribution in [0.1, 0.15) is 85.1 Å². The van der Waals surface area contributed by atoms with Crippen LogP contribution in [0.15, 0.2) is 30.3 Å². The standard InChI is InChI=1S/C32H54N2O4S/c1-22(2)16-29(35)30(36)28(18-26-14-10-7-11-15-26)34-31(37)24(5)19-33-32(38)27(21-39-20-23(3)4)17-25-12-8-6-9-13-25/h6,8-9,12-13,22-24,26-30,35-36H,7,10-11,14-21H2,1-5H3,(H,33,38)(H,34,37)/t24-,27-,28+,29+,30-/m1/s1. The van der Waals surface area contributed by atoms with E-state index in [1.54, 1.807) is 11.8 Å². The van der Waals surface area contributed by atoms with Crippen molar-refractivity contribution >= 4 is 23.6 Å². The first kappa shape index (κ1) is 33.6. The SMILES string of the molecule is CC(C)CSC[C@@H](Cc1ccccc1)C(=O)NC[C@@H](C)C(=O)N[C@@H](CC1CCCCC1)[C@@H](O)[C@@H](O)CC(C)C. The van der Waals surface area contributed by atoms with Crippen LogP contribution in [0.5, 0.6) is 0 Å². The molecule has 7 heteroatoms. The predicted octanol–water partition coefficient (Wildman–Crippen LogP) is 5.21. The van der Waals surface area contributed by atoms with Gasteiger partial charge in [0, 0.05) is 12.3 Å². The molecule has 5 atom stereocenters. The third-order valence-corrected chi connectivity index (χ3v) is 9.20. The number of thioether (sulfide) groups is 1. The molecular formula is C32H54N2O4S. The molecule has 0 unspecified atom stereocenters. The molecule has 2 amide bonds. The summed E-state index contributed by atoms with van der Waals surface area (Å²) in [5, 5.41) is 27.7. The summed E-state index contributed by atoms with van der Waals surface area (Å²) in [5.74, 6) is 2.17. The molecule has 1 aromatic carbocycles. The molecule has 1 fully saturated rings. The van der Waals surface area contributed by atoms with Gasteiger partial charge in [0.25, 0.3) is 0 Å². The van der Waals surface area contributed by atoms with Gasteiger partial charge in [0.2, 0.25) is 11.8 Å². The van der Waals surface area contributed by atoms with Crippen molar-refractivity contribution in [1.82, 2.24) is 10.6 Å². The van der Waals surface area contributed by atoms with Crippen molar-refractivity contribution in [3.8, 4) is 0 Å². The number of carbonyl (C=O) groups excluding carboxylic acids is 2. The van der Waals surface area contributed by atoms with Crippen molar-refractivity contribution in [2.24, 2.45) is 29.6 Å². The van der Waals surface area contributed by atoms with E-state index in [9.17, 15) is 19.8 Å². The van der Waals surface area contributed by atoms with E-state index in [0.717, 1.165) is 29.9 Å². The maximum absolute atomic E-state index is 13.2. The van der Waals surface area contributed by atoms with Crippen molar-refractivity contribution in [1.29, 1.82) is 0 Å². The van der Waals surface area contributed by atoms with Crippen LogP contribution in [0.2, 0.25) is 0 Å². The Morgan fingerprint density at radius 2 is 1.59 bits per heavy atom. The van der Waals surface area contributed by atoms with E-state index in [1.807, 2.05) is 39.0 Å². The van der Waals surface area contributed by atoms with E-state index in [4.69, 9.17) is 0 Å². The molecule has 0 saturated heterocycles. The first-order valence-corrected chi connectivity index (χ1v) is 16.3. The highest BCUT2D eigenvalue weighted by Crippen LogP contribution is 2.29. The number of rotatable bonds is 17. The summed E-state index contributed by atoms with van der Waals surface area (Å²) in [6, 6.07) is 9.57. The smallest absolute Gasteiger partial charge is 0.224 e. The molecule has 1 aromatic rings. The minimum absolute atomic E-state index is 0.0269.